The van der Waals surface area contributed by atoms with Gasteiger partial charge in [0, 0.05) is 49.8 Å². The highest BCUT2D eigenvalue weighted by Gasteiger charge is 2.24. The summed E-state index contributed by atoms with van der Waals surface area (Å²) in [6, 6.07) is 0.760. The number of likely N-dealkylation sites (tertiary alicyclic amines) is 1. The summed E-state index contributed by atoms with van der Waals surface area (Å²) in [7, 11) is 2.11. The minimum Gasteiger partial charge on any atom is -0.381 e. The number of ether oxygens (including phenoxy) is 2. The third-order valence-corrected chi connectivity index (χ3v) is 6.27. The molecule has 3 amide bonds. The monoisotopic (exact) mass is 512 g/mol. The predicted molar refractivity (Wildman–Crippen MR) is 143 cm³/mol. The number of hydrogen-bond acceptors (Lipinski definition) is 6. The topological polar surface area (TPSA) is 109 Å². The summed E-state index contributed by atoms with van der Waals surface area (Å²) in [6.45, 7) is 16.8. The van der Waals surface area contributed by atoms with Gasteiger partial charge in [0.1, 0.15) is 0 Å². The van der Waals surface area contributed by atoms with E-state index in [1.165, 1.54) is 0 Å². The van der Waals surface area contributed by atoms with Crippen LogP contribution in [0.25, 0.3) is 0 Å². The van der Waals surface area contributed by atoms with E-state index in [1.54, 1.807) is 0 Å². The molecule has 9 nitrogen and oxygen atoms in total. The number of amides is 3. The van der Waals surface area contributed by atoms with E-state index in [2.05, 4.69) is 27.9 Å². The fourth-order valence-corrected chi connectivity index (χ4v) is 4.18. The highest BCUT2D eigenvalue weighted by atomic mass is 16.5. The van der Waals surface area contributed by atoms with Crippen LogP contribution in [0.5, 0.6) is 0 Å². The molecule has 0 spiro atoms. The van der Waals surface area contributed by atoms with Gasteiger partial charge in [-0.1, -0.05) is 0 Å². The number of carbonyl (C=O) groups excluding carboxylic acids is 3. The number of piperidine rings is 1. The molecule has 1 atom stereocenters. The van der Waals surface area contributed by atoms with Crippen LogP contribution < -0.4 is 16.0 Å². The van der Waals surface area contributed by atoms with Crippen molar-refractivity contribution in [2.75, 3.05) is 46.6 Å². The normalized spacial score (nSPS) is 21.3. The first-order valence-electron chi connectivity index (χ1n) is 13.7. The Balaban J connectivity index is 0.000000271. The van der Waals surface area contributed by atoms with Gasteiger partial charge in [-0.2, -0.15) is 0 Å². The predicted octanol–water partition coefficient (Wildman–Crippen LogP) is 2.34. The minimum absolute atomic E-state index is 0.0948. The number of carbonyl (C=O) groups is 3. The van der Waals surface area contributed by atoms with Gasteiger partial charge in [-0.15, -0.1) is 0 Å². The van der Waals surface area contributed by atoms with Gasteiger partial charge in [-0.25, -0.2) is 0 Å². The van der Waals surface area contributed by atoms with Crippen LogP contribution in [0.1, 0.15) is 73.6 Å². The number of nitrogens with one attached hydrogen (secondary N) is 3. The maximum Gasteiger partial charge on any atom is 0.225 e. The minimum atomic E-state index is 0.0948. The second-order valence-corrected chi connectivity index (χ2v) is 11.0. The van der Waals surface area contributed by atoms with E-state index < -0.39 is 0 Å². The van der Waals surface area contributed by atoms with Crippen LogP contribution in [0, 0.1) is 17.8 Å². The molecule has 210 valence electrons. The molecule has 0 aliphatic carbocycles. The second-order valence-electron chi connectivity index (χ2n) is 11.0. The zero-order valence-corrected chi connectivity index (χ0v) is 23.7. The molecule has 1 unspecified atom stereocenters. The van der Waals surface area contributed by atoms with Crippen molar-refractivity contribution in [3.63, 3.8) is 0 Å². The van der Waals surface area contributed by atoms with Crippen molar-refractivity contribution in [1.29, 1.82) is 0 Å². The average molecular weight is 513 g/mol. The van der Waals surface area contributed by atoms with Gasteiger partial charge in [0.05, 0.1) is 12.5 Å². The lowest BCUT2D eigenvalue weighted by Gasteiger charge is -2.28. The van der Waals surface area contributed by atoms with Gasteiger partial charge in [0.25, 0.3) is 0 Å². The van der Waals surface area contributed by atoms with Gasteiger partial charge in [-0.05, 0) is 93.8 Å². The van der Waals surface area contributed by atoms with E-state index >= 15 is 0 Å². The van der Waals surface area contributed by atoms with Gasteiger partial charge < -0.3 is 30.3 Å². The molecule has 3 heterocycles. The molecule has 9 heteroatoms. The van der Waals surface area contributed by atoms with E-state index in [0.29, 0.717) is 6.61 Å². The summed E-state index contributed by atoms with van der Waals surface area (Å²) >= 11 is 0. The summed E-state index contributed by atoms with van der Waals surface area (Å²) in [5.41, 5.74) is 0. The Morgan fingerprint density at radius 3 is 1.36 bits per heavy atom. The van der Waals surface area contributed by atoms with Gasteiger partial charge in [-0.3, -0.25) is 14.4 Å². The number of hydrogen-bond donors (Lipinski definition) is 3. The molecule has 3 fully saturated rings. The highest BCUT2D eigenvalue weighted by molar-refractivity contribution is 5.79. The molecule has 3 saturated heterocycles. The van der Waals surface area contributed by atoms with Crippen LogP contribution in [-0.4, -0.2) is 87.3 Å². The van der Waals surface area contributed by atoms with E-state index in [4.69, 9.17) is 9.47 Å². The largest absolute Gasteiger partial charge is 0.381 e. The molecule has 0 aromatic carbocycles. The summed E-state index contributed by atoms with van der Waals surface area (Å²) in [4.78, 5) is 36.6. The van der Waals surface area contributed by atoms with Crippen molar-refractivity contribution in [3.8, 4) is 0 Å². The zero-order chi connectivity index (χ0) is 27.1. The Kier molecular flexibility index (Phi) is 15.9. The van der Waals surface area contributed by atoms with Crippen molar-refractivity contribution >= 4 is 17.7 Å². The molecule has 36 heavy (non-hydrogen) atoms. The number of rotatable bonds is 6. The summed E-state index contributed by atoms with van der Waals surface area (Å²) in [5.74, 6) is 1.09. The molecule has 0 saturated carbocycles. The van der Waals surface area contributed by atoms with Gasteiger partial charge >= 0.3 is 0 Å². The van der Waals surface area contributed by atoms with Crippen molar-refractivity contribution in [2.24, 2.45) is 17.8 Å². The molecule has 0 bridgehead atoms. The van der Waals surface area contributed by atoms with Crippen LogP contribution in [0.4, 0.5) is 0 Å². The van der Waals surface area contributed by atoms with E-state index in [-0.39, 0.29) is 53.6 Å². The fraction of sp³-hybridized carbons (Fsp3) is 0.889. The van der Waals surface area contributed by atoms with E-state index in [9.17, 15) is 14.4 Å². The van der Waals surface area contributed by atoms with Gasteiger partial charge in [0.2, 0.25) is 17.7 Å². The van der Waals surface area contributed by atoms with Crippen molar-refractivity contribution in [1.82, 2.24) is 20.9 Å². The van der Waals surface area contributed by atoms with Crippen LogP contribution in [0.3, 0.4) is 0 Å². The Morgan fingerprint density at radius 2 is 0.972 bits per heavy atom. The molecular formula is C27H52N4O5. The van der Waals surface area contributed by atoms with Crippen molar-refractivity contribution < 1.29 is 23.9 Å². The maximum atomic E-state index is 11.6. The molecular weight excluding hydrogens is 460 g/mol. The smallest absolute Gasteiger partial charge is 0.225 e. The Morgan fingerprint density at radius 1 is 0.611 bits per heavy atom. The lowest BCUT2D eigenvalue weighted by molar-refractivity contribution is -0.128. The third kappa shape index (κ3) is 14.1. The summed E-state index contributed by atoms with van der Waals surface area (Å²) < 4.78 is 10.3. The SMILES string of the molecule is CC(C)NC(=O)C1CCN(C)CC1.CC(C)NC(=O)C1CCOC1.CC(C)NC(=O)C1CCOCC1. The molecule has 3 aliphatic heterocycles. The maximum absolute atomic E-state index is 11.6. The van der Waals surface area contributed by atoms with E-state index in [1.807, 2.05) is 41.5 Å². The van der Waals surface area contributed by atoms with Crippen LogP contribution in [-0.2, 0) is 23.9 Å². The third-order valence-electron chi connectivity index (χ3n) is 6.27. The first-order chi connectivity index (χ1) is 17.0. The lowest BCUT2D eigenvalue weighted by Crippen LogP contribution is -2.41. The first kappa shape index (κ1) is 32.3. The fourth-order valence-electron chi connectivity index (χ4n) is 4.18. The molecule has 0 aromatic heterocycles. The van der Waals surface area contributed by atoms with Crippen molar-refractivity contribution in [3.05, 3.63) is 0 Å². The standard InChI is InChI=1S/C10H20N2O.C9H17NO2.C8H15NO2/c1-8(2)11-10(13)9-4-6-12(3)7-5-9;1-7(2)10-9(11)8-3-5-12-6-4-8;1-6(2)9-8(10)7-3-4-11-5-7/h8-9H,4-7H2,1-3H3,(H,11,13);7-8H,3-6H2,1-2H3,(H,10,11);6-7H,3-5H2,1-2H3,(H,9,10). The zero-order valence-electron chi connectivity index (χ0n) is 23.7. The highest BCUT2D eigenvalue weighted by Crippen LogP contribution is 2.16. The average Bonchev–Trinajstić information content (AvgIpc) is 3.35. The molecule has 0 aromatic rings. The summed E-state index contributed by atoms with van der Waals surface area (Å²) in [6.07, 6.45) is 4.64. The number of nitrogens with zero attached hydrogens (tertiary/aromatic N) is 1. The van der Waals surface area contributed by atoms with E-state index in [0.717, 1.165) is 65.0 Å². The van der Waals surface area contributed by atoms with Crippen molar-refractivity contribution in [2.45, 2.75) is 91.8 Å². The summed E-state index contributed by atoms with van der Waals surface area (Å²) in [5, 5.41) is 8.75. The van der Waals surface area contributed by atoms with Crippen LogP contribution >= 0.6 is 0 Å². The molecule has 3 rings (SSSR count). The molecule has 3 aliphatic rings. The van der Waals surface area contributed by atoms with Gasteiger partial charge in [0.15, 0.2) is 0 Å². The molecule has 3 N–H and O–H groups in total. The van der Waals surface area contributed by atoms with Crippen LogP contribution in [0.2, 0.25) is 0 Å². The Hall–Kier alpha value is -1.71. The lowest BCUT2D eigenvalue weighted by atomic mass is 9.96. The second kappa shape index (κ2) is 17.7. The molecule has 0 radical (unpaired) electrons. The Bertz CT molecular complexity index is 636. The van der Waals surface area contributed by atoms with Crippen LogP contribution in [0.15, 0.2) is 0 Å². The Labute approximate surface area is 218 Å². The first-order valence-corrected chi connectivity index (χ1v) is 13.7. The quantitative estimate of drug-likeness (QED) is 0.504.